The number of rotatable bonds is 4. The monoisotopic (exact) mass is 515 g/mol. The van der Waals surface area contributed by atoms with Crippen molar-refractivity contribution in [2.24, 2.45) is 5.92 Å². The van der Waals surface area contributed by atoms with Gasteiger partial charge in [0.05, 0.1) is 18.2 Å². The van der Waals surface area contributed by atoms with E-state index in [1.54, 1.807) is 12.1 Å². The molecule has 2 atom stereocenters. The molecule has 1 unspecified atom stereocenters. The van der Waals surface area contributed by atoms with E-state index in [4.69, 9.17) is 4.74 Å². The average molecular weight is 516 g/mol. The molecule has 0 radical (unpaired) electrons. The molecule has 0 aromatic heterocycles. The van der Waals surface area contributed by atoms with Crippen LogP contribution in [0.15, 0.2) is 42.5 Å². The maximum Gasteiger partial charge on any atom is 0.416 e. The number of alkyl halides is 3. The van der Waals surface area contributed by atoms with Gasteiger partial charge in [-0.1, -0.05) is 12.1 Å². The van der Waals surface area contributed by atoms with Gasteiger partial charge in [0.15, 0.2) is 0 Å². The molecule has 0 bridgehead atoms. The Balaban J connectivity index is 1.30. The summed E-state index contributed by atoms with van der Waals surface area (Å²) in [5.74, 6) is -0.222. The van der Waals surface area contributed by atoms with Gasteiger partial charge in [0.25, 0.3) is 0 Å². The van der Waals surface area contributed by atoms with Gasteiger partial charge < -0.3 is 20.5 Å². The SMILES string of the molecule is O=C(/C=C1\CCCOc2cc(C(F)(F)F)ccc21)Nc1ccc2c(c1)NC(=O)C(N1CC[C@@H](CO)C1)C2. The summed E-state index contributed by atoms with van der Waals surface area (Å²) in [7, 11) is 0. The zero-order valence-electron chi connectivity index (χ0n) is 20.1. The van der Waals surface area contributed by atoms with Crippen LogP contribution < -0.4 is 15.4 Å². The van der Waals surface area contributed by atoms with Crippen molar-refractivity contribution in [3.63, 3.8) is 0 Å². The molecular weight excluding hydrogens is 487 g/mol. The van der Waals surface area contributed by atoms with Crippen LogP contribution >= 0.6 is 0 Å². The summed E-state index contributed by atoms with van der Waals surface area (Å²) < 4.78 is 44.9. The smallest absolute Gasteiger partial charge is 0.416 e. The second-order valence-electron chi connectivity index (χ2n) is 9.73. The maximum absolute atomic E-state index is 13.1. The zero-order valence-corrected chi connectivity index (χ0v) is 20.1. The van der Waals surface area contributed by atoms with E-state index >= 15 is 0 Å². The highest BCUT2D eigenvalue weighted by Gasteiger charge is 2.35. The summed E-state index contributed by atoms with van der Waals surface area (Å²) in [6, 6.07) is 8.37. The lowest BCUT2D eigenvalue weighted by atomic mass is 9.97. The summed E-state index contributed by atoms with van der Waals surface area (Å²) in [6.07, 6.45) is -0.621. The van der Waals surface area contributed by atoms with Gasteiger partial charge in [0, 0.05) is 36.2 Å². The first-order chi connectivity index (χ1) is 17.7. The molecule has 3 aliphatic heterocycles. The number of fused-ring (bicyclic) bond motifs is 2. The molecule has 7 nitrogen and oxygen atoms in total. The molecule has 10 heteroatoms. The zero-order chi connectivity index (χ0) is 26.2. The van der Waals surface area contributed by atoms with E-state index in [-0.39, 0.29) is 36.8 Å². The van der Waals surface area contributed by atoms with Crippen molar-refractivity contribution in [1.82, 2.24) is 4.90 Å². The summed E-state index contributed by atoms with van der Waals surface area (Å²) in [5, 5.41) is 15.1. The number of benzene rings is 2. The summed E-state index contributed by atoms with van der Waals surface area (Å²) in [5.41, 5.74) is 2.36. The number of carbonyl (C=O) groups is 2. The van der Waals surface area contributed by atoms with Crippen molar-refractivity contribution >= 4 is 28.8 Å². The van der Waals surface area contributed by atoms with Crippen molar-refractivity contribution in [3.05, 3.63) is 59.2 Å². The number of nitrogens with zero attached hydrogens (tertiary/aromatic N) is 1. The minimum atomic E-state index is -4.48. The Kier molecular flexibility index (Phi) is 6.96. The lowest BCUT2D eigenvalue weighted by molar-refractivity contribution is -0.137. The number of likely N-dealkylation sites (tertiary alicyclic amines) is 1. The van der Waals surface area contributed by atoms with Crippen molar-refractivity contribution < 1.29 is 32.6 Å². The average Bonchev–Trinajstić information content (AvgIpc) is 3.25. The predicted molar refractivity (Wildman–Crippen MR) is 132 cm³/mol. The van der Waals surface area contributed by atoms with E-state index in [0.717, 1.165) is 30.7 Å². The van der Waals surface area contributed by atoms with Crippen LogP contribution in [-0.4, -0.2) is 54.2 Å². The predicted octanol–water partition coefficient (Wildman–Crippen LogP) is 4.08. The molecule has 3 N–H and O–H groups in total. The van der Waals surface area contributed by atoms with Gasteiger partial charge in [-0.25, -0.2) is 0 Å². The van der Waals surface area contributed by atoms with Gasteiger partial charge in [-0.2, -0.15) is 13.2 Å². The normalized spacial score (nSPS) is 23.0. The number of ether oxygens (including phenoxy) is 1. The highest BCUT2D eigenvalue weighted by molar-refractivity contribution is 6.05. The first kappa shape index (κ1) is 25.3. The van der Waals surface area contributed by atoms with Crippen LogP contribution in [0.2, 0.25) is 0 Å². The molecule has 0 aliphatic carbocycles. The third-order valence-corrected chi connectivity index (χ3v) is 7.18. The van der Waals surface area contributed by atoms with Crippen molar-refractivity contribution in [1.29, 1.82) is 0 Å². The molecule has 1 saturated heterocycles. The van der Waals surface area contributed by atoms with Gasteiger partial charge in [0.1, 0.15) is 5.75 Å². The van der Waals surface area contributed by atoms with E-state index in [0.29, 0.717) is 48.3 Å². The Morgan fingerprint density at radius 3 is 2.84 bits per heavy atom. The Morgan fingerprint density at radius 1 is 1.24 bits per heavy atom. The number of nitrogens with one attached hydrogen (secondary N) is 2. The number of halogens is 3. The number of amides is 2. The molecule has 3 aliphatic rings. The Labute approximate surface area is 212 Å². The lowest BCUT2D eigenvalue weighted by Gasteiger charge is -2.31. The molecular formula is C27H28F3N3O4. The Hall–Kier alpha value is -3.37. The number of hydrogen-bond donors (Lipinski definition) is 3. The fourth-order valence-corrected chi connectivity index (χ4v) is 5.20. The number of hydrogen-bond acceptors (Lipinski definition) is 5. The molecule has 2 aromatic rings. The number of aliphatic hydroxyl groups is 1. The number of anilines is 2. The maximum atomic E-state index is 13.1. The third kappa shape index (κ3) is 5.50. The van der Waals surface area contributed by atoms with E-state index in [2.05, 4.69) is 15.5 Å². The molecule has 0 spiro atoms. The van der Waals surface area contributed by atoms with Crippen LogP contribution in [0.4, 0.5) is 24.5 Å². The fraction of sp³-hybridized carbons (Fsp3) is 0.407. The van der Waals surface area contributed by atoms with Gasteiger partial charge in [-0.05, 0) is 73.5 Å². The van der Waals surface area contributed by atoms with Crippen molar-refractivity contribution in [2.75, 3.05) is 36.9 Å². The quantitative estimate of drug-likeness (QED) is 0.534. The topological polar surface area (TPSA) is 90.9 Å². The molecule has 0 saturated carbocycles. The Bertz CT molecular complexity index is 1240. The van der Waals surface area contributed by atoms with E-state index < -0.39 is 17.6 Å². The summed E-state index contributed by atoms with van der Waals surface area (Å²) in [6.45, 7) is 1.84. The van der Waals surface area contributed by atoms with Crippen LogP contribution in [0.5, 0.6) is 5.75 Å². The van der Waals surface area contributed by atoms with Crippen LogP contribution in [0.25, 0.3) is 5.57 Å². The standard InChI is InChI=1S/C27H28F3N3O4/c28-27(29,30)19-4-6-21-17(2-1-9-37-24(21)12-19)11-25(35)31-20-5-3-18-10-23(26(36)32-22(18)13-20)33-8-7-16(14-33)15-34/h3-6,11-13,16,23,34H,1-2,7-10,14-15H2,(H,31,35)(H,32,36)/b17-11+/t16-,23?/m1/s1. The van der Waals surface area contributed by atoms with Gasteiger partial charge in [-0.3, -0.25) is 14.5 Å². The largest absolute Gasteiger partial charge is 0.493 e. The third-order valence-electron chi connectivity index (χ3n) is 7.18. The molecule has 37 heavy (non-hydrogen) atoms. The number of carbonyl (C=O) groups excluding carboxylic acids is 2. The fourth-order valence-electron chi connectivity index (χ4n) is 5.20. The molecule has 196 valence electrons. The molecule has 5 rings (SSSR count). The second kappa shape index (κ2) is 10.2. The van der Waals surface area contributed by atoms with Gasteiger partial charge in [0.2, 0.25) is 11.8 Å². The highest BCUT2D eigenvalue weighted by Crippen LogP contribution is 2.38. The molecule has 1 fully saturated rings. The van der Waals surface area contributed by atoms with Crippen LogP contribution in [0, 0.1) is 5.92 Å². The van der Waals surface area contributed by atoms with Crippen LogP contribution in [-0.2, 0) is 22.2 Å². The first-order valence-electron chi connectivity index (χ1n) is 12.4. The van der Waals surface area contributed by atoms with E-state index in [1.807, 2.05) is 6.07 Å². The molecule has 2 aromatic carbocycles. The number of allylic oxidation sites excluding steroid dienone is 1. The molecule has 2 amide bonds. The minimum absolute atomic E-state index is 0.107. The van der Waals surface area contributed by atoms with Crippen molar-refractivity contribution in [3.8, 4) is 5.75 Å². The van der Waals surface area contributed by atoms with Gasteiger partial charge >= 0.3 is 6.18 Å². The second-order valence-corrected chi connectivity index (χ2v) is 9.73. The first-order valence-corrected chi connectivity index (χ1v) is 12.4. The van der Waals surface area contributed by atoms with Crippen molar-refractivity contribution in [2.45, 2.75) is 37.9 Å². The minimum Gasteiger partial charge on any atom is -0.493 e. The Morgan fingerprint density at radius 2 is 2.08 bits per heavy atom. The highest BCUT2D eigenvalue weighted by atomic mass is 19.4. The summed E-state index contributed by atoms with van der Waals surface area (Å²) >= 11 is 0. The van der Waals surface area contributed by atoms with Crippen LogP contribution in [0.3, 0.4) is 0 Å². The lowest BCUT2D eigenvalue weighted by Crippen LogP contribution is -2.47. The van der Waals surface area contributed by atoms with E-state index in [9.17, 15) is 27.9 Å². The summed E-state index contributed by atoms with van der Waals surface area (Å²) in [4.78, 5) is 27.7. The van der Waals surface area contributed by atoms with Gasteiger partial charge in [-0.15, -0.1) is 0 Å². The number of aliphatic hydroxyl groups excluding tert-OH is 1. The van der Waals surface area contributed by atoms with Crippen LogP contribution in [0.1, 0.15) is 36.0 Å². The van der Waals surface area contributed by atoms with E-state index in [1.165, 1.54) is 12.1 Å². The molecule has 3 heterocycles.